The van der Waals surface area contributed by atoms with Crippen molar-refractivity contribution in [3.63, 3.8) is 0 Å². The lowest BCUT2D eigenvalue weighted by Crippen LogP contribution is -2.10. The van der Waals surface area contributed by atoms with Gasteiger partial charge in [0.15, 0.2) is 5.78 Å². The molecule has 0 saturated carbocycles. The third-order valence-electron chi connectivity index (χ3n) is 2.69. The van der Waals surface area contributed by atoms with Crippen LogP contribution in [0.5, 0.6) is 0 Å². The third kappa shape index (κ3) is 2.79. The van der Waals surface area contributed by atoms with E-state index in [-0.39, 0.29) is 11.1 Å². The number of rotatable bonds is 2. The van der Waals surface area contributed by atoms with Crippen LogP contribution in [0.15, 0.2) is 42.5 Å². The van der Waals surface area contributed by atoms with Crippen molar-refractivity contribution in [3.8, 4) is 0 Å². The number of halogens is 4. The largest absolute Gasteiger partial charge is 0.419 e. The van der Waals surface area contributed by atoms with E-state index in [0.29, 0.717) is 17.8 Å². The summed E-state index contributed by atoms with van der Waals surface area (Å²) >= 11 is 0. The molecule has 2 rings (SSSR count). The van der Waals surface area contributed by atoms with E-state index in [0.717, 1.165) is 6.07 Å². The molecule has 2 nitrogen and oxygen atoms in total. The van der Waals surface area contributed by atoms with E-state index in [1.54, 1.807) is 6.07 Å². The van der Waals surface area contributed by atoms with Crippen molar-refractivity contribution in [2.75, 3.05) is 5.73 Å². The Bertz CT molecular complexity index is 664. The molecule has 0 saturated heterocycles. The maximum Gasteiger partial charge on any atom is 0.419 e. The van der Waals surface area contributed by atoms with Crippen LogP contribution >= 0.6 is 0 Å². The molecule has 0 fully saturated rings. The summed E-state index contributed by atoms with van der Waals surface area (Å²) in [6.45, 7) is 0. The predicted octanol–water partition coefficient (Wildman–Crippen LogP) is 3.66. The van der Waals surface area contributed by atoms with Crippen LogP contribution in [-0.2, 0) is 6.18 Å². The van der Waals surface area contributed by atoms with E-state index in [1.807, 2.05) is 0 Å². The van der Waals surface area contributed by atoms with Gasteiger partial charge in [0.1, 0.15) is 5.82 Å². The topological polar surface area (TPSA) is 43.1 Å². The van der Waals surface area contributed by atoms with Crippen LogP contribution < -0.4 is 5.73 Å². The molecule has 104 valence electrons. The summed E-state index contributed by atoms with van der Waals surface area (Å²) in [6, 6.07) is 7.99. The van der Waals surface area contributed by atoms with Crippen molar-refractivity contribution in [1.82, 2.24) is 0 Å². The highest BCUT2D eigenvalue weighted by molar-refractivity contribution is 6.09. The number of alkyl halides is 3. The molecule has 0 aliphatic carbocycles. The number of ketones is 1. The molecule has 0 atom stereocenters. The number of carbonyl (C=O) groups excluding carboxylic acids is 1. The number of benzene rings is 2. The average molecular weight is 283 g/mol. The Labute approximate surface area is 111 Å². The smallest absolute Gasteiger partial charge is 0.399 e. The SMILES string of the molecule is Nc1cccc(C(=O)c2ccc(C(F)(F)F)c(F)c2)c1. The fourth-order valence-electron chi connectivity index (χ4n) is 1.73. The first-order chi connectivity index (χ1) is 9.29. The standard InChI is InChI=1S/C14H9F4NO/c15-12-7-9(4-5-11(12)14(16,17)18)13(20)8-2-1-3-10(19)6-8/h1-7H,19H2. The van der Waals surface area contributed by atoms with Gasteiger partial charge in [-0.3, -0.25) is 4.79 Å². The summed E-state index contributed by atoms with van der Waals surface area (Å²) < 4.78 is 50.7. The first-order valence-electron chi connectivity index (χ1n) is 5.56. The summed E-state index contributed by atoms with van der Waals surface area (Å²) in [5.41, 5.74) is 4.46. The summed E-state index contributed by atoms with van der Waals surface area (Å²) in [5, 5.41) is 0. The predicted molar refractivity (Wildman–Crippen MR) is 65.7 cm³/mol. The van der Waals surface area contributed by atoms with Gasteiger partial charge in [0.2, 0.25) is 0 Å². The first-order valence-corrected chi connectivity index (χ1v) is 5.56. The third-order valence-corrected chi connectivity index (χ3v) is 2.69. The second kappa shape index (κ2) is 4.96. The Morgan fingerprint density at radius 1 is 1.00 bits per heavy atom. The molecule has 0 amide bonds. The molecule has 0 heterocycles. The zero-order chi connectivity index (χ0) is 14.9. The van der Waals surface area contributed by atoms with Crippen molar-refractivity contribution < 1.29 is 22.4 Å². The lowest BCUT2D eigenvalue weighted by Gasteiger charge is -2.09. The average Bonchev–Trinajstić information content (AvgIpc) is 2.36. The zero-order valence-electron chi connectivity index (χ0n) is 10.0. The fraction of sp³-hybridized carbons (Fsp3) is 0.0714. The summed E-state index contributed by atoms with van der Waals surface area (Å²) in [4.78, 5) is 12.0. The number of hydrogen-bond acceptors (Lipinski definition) is 2. The summed E-state index contributed by atoms with van der Waals surface area (Å²) in [7, 11) is 0. The van der Waals surface area contributed by atoms with Gasteiger partial charge in [-0.25, -0.2) is 4.39 Å². The lowest BCUT2D eigenvalue weighted by molar-refractivity contribution is -0.140. The monoisotopic (exact) mass is 283 g/mol. The molecule has 0 bridgehead atoms. The van der Waals surface area contributed by atoms with Gasteiger partial charge < -0.3 is 5.73 Å². The van der Waals surface area contributed by atoms with Gasteiger partial charge in [0.05, 0.1) is 5.56 Å². The summed E-state index contributed by atoms with van der Waals surface area (Å²) in [5.74, 6) is -2.07. The molecular formula is C14H9F4NO. The van der Waals surface area contributed by atoms with Crippen molar-refractivity contribution >= 4 is 11.5 Å². The molecule has 0 radical (unpaired) electrons. The molecule has 0 aliphatic rings. The second-order valence-corrected chi connectivity index (χ2v) is 4.15. The summed E-state index contributed by atoms with van der Waals surface area (Å²) in [6.07, 6.45) is -4.79. The molecule has 20 heavy (non-hydrogen) atoms. The second-order valence-electron chi connectivity index (χ2n) is 4.15. The van der Waals surface area contributed by atoms with Crippen LogP contribution in [0.25, 0.3) is 0 Å². The molecule has 2 aromatic carbocycles. The van der Waals surface area contributed by atoms with Crippen LogP contribution in [0.2, 0.25) is 0 Å². The van der Waals surface area contributed by atoms with Crippen molar-refractivity contribution in [3.05, 3.63) is 65.0 Å². The molecule has 6 heteroatoms. The molecule has 0 aliphatic heterocycles. The molecule has 2 N–H and O–H groups in total. The van der Waals surface area contributed by atoms with Crippen LogP contribution in [0, 0.1) is 5.82 Å². The van der Waals surface area contributed by atoms with E-state index in [1.165, 1.54) is 18.2 Å². The molecule has 2 aromatic rings. The normalized spacial score (nSPS) is 11.4. The van der Waals surface area contributed by atoms with Crippen molar-refractivity contribution in [2.45, 2.75) is 6.18 Å². The van der Waals surface area contributed by atoms with Crippen molar-refractivity contribution in [1.29, 1.82) is 0 Å². The van der Waals surface area contributed by atoms with E-state index in [4.69, 9.17) is 5.73 Å². The van der Waals surface area contributed by atoms with Gasteiger partial charge in [-0.1, -0.05) is 18.2 Å². The van der Waals surface area contributed by atoms with Crippen LogP contribution in [0.3, 0.4) is 0 Å². The quantitative estimate of drug-likeness (QED) is 0.519. The minimum atomic E-state index is -4.79. The Morgan fingerprint density at radius 3 is 2.20 bits per heavy atom. The zero-order valence-corrected chi connectivity index (χ0v) is 10.0. The molecule has 0 spiro atoms. The Balaban J connectivity index is 2.40. The number of hydrogen-bond donors (Lipinski definition) is 1. The van der Waals surface area contributed by atoms with Gasteiger partial charge >= 0.3 is 6.18 Å². The fourth-order valence-corrected chi connectivity index (χ4v) is 1.73. The Kier molecular flexibility index (Phi) is 3.48. The molecular weight excluding hydrogens is 274 g/mol. The van der Waals surface area contributed by atoms with Crippen LogP contribution in [-0.4, -0.2) is 5.78 Å². The highest BCUT2D eigenvalue weighted by Crippen LogP contribution is 2.31. The Morgan fingerprint density at radius 2 is 1.65 bits per heavy atom. The van der Waals surface area contributed by atoms with E-state index < -0.39 is 23.3 Å². The van der Waals surface area contributed by atoms with Gasteiger partial charge in [-0.05, 0) is 24.3 Å². The highest BCUT2D eigenvalue weighted by atomic mass is 19.4. The van der Waals surface area contributed by atoms with Crippen LogP contribution in [0.1, 0.15) is 21.5 Å². The van der Waals surface area contributed by atoms with Gasteiger partial charge in [-0.15, -0.1) is 0 Å². The number of carbonyl (C=O) groups is 1. The highest BCUT2D eigenvalue weighted by Gasteiger charge is 2.34. The number of anilines is 1. The van der Waals surface area contributed by atoms with E-state index in [2.05, 4.69) is 0 Å². The Hall–Kier alpha value is -2.37. The minimum absolute atomic E-state index is 0.166. The van der Waals surface area contributed by atoms with Crippen molar-refractivity contribution in [2.24, 2.45) is 0 Å². The van der Waals surface area contributed by atoms with Gasteiger partial charge in [0.25, 0.3) is 0 Å². The molecule has 0 unspecified atom stereocenters. The minimum Gasteiger partial charge on any atom is -0.399 e. The van der Waals surface area contributed by atoms with E-state index in [9.17, 15) is 22.4 Å². The van der Waals surface area contributed by atoms with E-state index >= 15 is 0 Å². The van der Waals surface area contributed by atoms with Gasteiger partial charge in [0, 0.05) is 16.8 Å². The maximum absolute atomic E-state index is 13.4. The van der Waals surface area contributed by atoms with Gasteiger partial charge in [-0.2, -0.15) is 13.2 Å². The molecule has 0 aromatic heterocycles. The maximum atomic E-state index is 13.4. The van der Waals surface area contributed by atoms with Crippen LogP contribution in [0.4, 0.5) is 23.2 Å². The number of nitrogen functional groups attached to an aromatic ring is 1. The lowest BCUT2D eigenvalue weighted by atomic mass is 10.0. The first kappa shape index (κ1) is 14.0. The number of nitrogens with two attached hydrogens (primary N) is 1.